The van der Waals surface area contributed by atoms with Crippen LogP contribution >= 0.6 is 34.8 Å². The molecule has 1 N–H and O–H groups in total. The predicted molar refractivity (Wildman–Crippen MR) is 93.7 cm³/mol. The number of aromatic nitrogens is 1. The first-order valence-corrected chi connectivity index (χ1v) is 7.98. The Morgan fingerprint density at radius 2 is 1.83 bits per heavy atom. The SMILES string of the molecule is O=C(c1c[nH]c2cc(OCc3ccccc3)ccc12)C(Cl)(Cl)Cl. The Labute approximate surface area is 148 Å². The van der Waals surface area contributed by atoms with E-state index in [2.05, 4.69) is 4.98 Å². The number of carbonyl (C=O) groups is 1. The average Bonchev–Trinajstić information content (AvgIpc) is 2.95. The van der Waals surface area contributed by atoms with Crippen molar-refractivity contribution in [2.24, 2.45) is 0 Å². The van der Waals surface area contributed by atoms with Gasteiger partial charge < -0.3 is 9.72 Å². The van der Waals surface area contributed by atoms with Gasteiger partial charge in [0.2, 0.25) is 5.78 Å². The van der Waals surface area contributed by atoms with E-state index in [9.17, 15) is 4.79 Å². The van der Waals surface area contributed by atoms with Gasteiger partial charge in [0, 0.05) is 28.7 Å². The number of aromatic amines is 1. The molecule has 1 heterocycles. The number of hydrogen-bond donors (Lipinski definition) is 1. The third kappa shape index (κ3) is 3.63. The molecule has 2 aromatic carbocycles. The third-order valence-corrected chi connectivity index (χ3v) is 3.92. The number of fused-ring (bicyclic) bond motifs is 1. The van der Waals surface area contributed by atoms with Crippen LogP contribution in [-0.4, -0.2) is 14.6 Å². The maximum Gasteiger partial charge on any atom is 0.253 e. The lowest BCUT2D eigenvalue weighted by Crippen LogP contribution is -2.18. The Morgan fingerprint density at radius 1 is 1.09 bits per heavy atom. The molecule has 0 radical (unpaired) electrons. The van der Waals surface area contributed by atoms with E-state index < -0.39 is 9.58 Å². The van der Waals surface area contributed by atoms with Gasteiger partial charge in [0.25, 0.3) is 3.79 Å². The molecule has 0 atom stereocenters. The number of nitrogens with one attached hydrogen (secondary N) is 1. The summed E-state index contributed by atoms with van der Waals surface area (Å²) >= 11 is 17.0. The summed E-state index contributed by atoms with van der Waals surface area (Å²) < 4.78 is 3.78. The number of ketones is 1. The van der Waals surface area contributed by atoms with E-state index in [0.717, 1.165) is 11.1 Å². The Morgan fingerprint density at radius 3 is 2.52 bits per heavy atom. The van der Waals surface area contributed by atoms with Crippen molar-refractivity contribution in [1.82, 2.24) is 4.98 Å². The number of benzene rings is 2. The smallest absolute Gasteiger partial charge is 0.253 e. The van der Waals surface area contributed by atoms with Crippen LogP contribution in [0.4, 0.5) is 0 Å². The van der Waals surface area contributed by atoms with Crippen molar-refractivity contribution in [3.05, 3.63) is 65.9 Å². The van der Waals surface area contributed by atoms with Crippen LogP contribution in [0.1, 0.15) is 15.9 Å². The Kier molecular flexibility index (Phi) is 4.53. The highest BCUT2D eigenvalue weighted by Gasteiger charge is 2.33. The molecule has 0 amide bonds. The van der Waals surface area contributed by atoms with Gasteiger partial charge in [0.1, 0.15) is 12.4 Å². The zero-order valence-electron chi connectivity index (χ0n) is 11.9. The summed E-state index contributed by atoms with van der Waals surface area (Å²) in [5.41, 5.74) is 2.16. The number of halogens is 3. The van der Waals surface area contributed by atoms with Crippen LogP contribution < -0.4 is 4.74 Å². The molecule has 3 aromatic rings. The Bertz CT molecular complexity index is 838. The molecule has 3 nitrogen and oxygen atoms in total. The largest absolute Gasteiger partial charge is 0.489 e. The van der Waals surface area contributed by atoms with E-state index in [1.54, 1.807) is 12.1 Å². The lowest BCUT2D eigenvalue weighted by atomic mass is 10.1. The summed E-state index contributed by atoms with van der Waals surface area (Å²) in [6.45, 7) is 0.465. The third-order valence-electron chi connectivity index (χ3n) is 3.40. The molecular formula is C17H12Cl3NO2. The maximum atomic E-state index is 12.1. The second-order valence-corrected chi connectivity index (χ2v) is 7.29. The molecule has 0 unspecified atom stereocenters. The zero-order valence-corrected chi connectivity index (χ0v) is 14.1. The van der Waals surface area contributed by atoms with Crippen molar-refractivity contribution in [3.63, 3.8) is 0 Å². The lowest BCUT2D eigenvalue weighted by Gasteiger charge is -2.09. The van der Waals surface area contributed by atoms with Gasteiger partial charge in [-0.1, -0.05) is 65.1 Å². The molecule has 3 rings (SSSR count). The van der Waals surface area contributed by atoms with Crippen molar-refractivity contribution >= 4 is 51.5 Å². The number of H-pyrrole nitrogens is 1. The van der Waals surface area contributed by atoms with Gasteiger partial charge in [-0.2, -0.15) is 0 Å². The normalized spacial score (nSPS) is 11.6. The van der Waals surface area contributed by atoms with Gasteiger partial charge in [0.05, 0.1) is 0 Å². The van der Waals surface area contributed by atoms with Crippen LogP contribution in [-0.2, 0) is 6.61 Å². The van der Waals surface area contributed by atoms with E-state index >= 15 is 0 Å². The standard InChI is InChI=1S/C17H12Cl3NO2/c18-17(19,20)16(22)14-9-21-15-8-12(6-7-13(14)15)23-10-11-4-2-1-3-5-11/h1-9,21H,10H2. The molecule has 0 aliphatic carbocycles. The molecule has 1 aromatic heterocycles. The Balaban J connectivity index is 1.82. The van der Waals surface area contributed by atoms with Crippen LogP contribution in [0.25, 0.3) is 10.9 Å². The number of carbonyl (C=O) groups excluding carboxylic acids is 1. The average molecular weight is 369 g/mol. The molecule has 0 bridgehead atoms. The van der Waals surface area contributed by atoms with Crippen molar-refractivity contribution in [2.45, 2.75) is 10.4 Å². The fraction of sp³-hybridized carbons (Fsp3) is 0.118. The van der Waals surface area contributed by atoms with E-state index in [0.29, 0.717) is 23.3 Å². The molecule has 23 heavy (non-hydrogen) atoms. The van der Waals surface area contributed by atoms with Gasteiger partial charge in [-0.15, -0.1) is 0 Å². The number of Topliss-reactive ketones (excluding diaryl/α,β-unsaturated/α-hetero) is 1. The topological polar surface area (TPSA) is 42.1 Å². The molecule has 0 saturated carbocycles. The predicted octanol–water partition coefficient (Wildman–Crippen LogP) is 5.30. The second kappa shape index (κ2) is 6.44. The fourth-order valence-corrected chi connectivity index (χ4v) is 2.58. The first-order chi connectivity index (χ1) is 10.9. The van der Waals surface area contributed by atoms with E-state index in [4.69, 9.17) is 39.5 Å². The molecule has 0 fully saturated rings. The summed E-state index contributed by atoms with van der Waals surface area (Å²) in [5.74, 6) is 0.128. The van der Waals surface area contributed by atoms with Gasteiger partial charge in [-0.3, -0.25) is 4.79 Å². The number of alkyl halides is 3. The van der Waals surface area contributed by atoms with E-state index in [1.807, 2.05) is 36.4 Å². The van der Waals surface area contributed by atoms with Crippen LogP contribution in [0, 0.1) is 0 Å². The quantitative estimate of drug-likeness (QED) is 0.501. The fourth-order valence-electron chi connectivity index (χ4n) is 2.28. The van der Waals surface area contributed by atoms with Gasteiger partial charge >= 0.3 is 0 Å². The van der Waals surface area contributed by atoms with Gasteiger partial charge in [-0.25, -0.2) is 0 Å². The summed E-state index contributed by atoms with van der Waals surface area (Å²) in [7, 11) is 0. The van der Waals surface area contributed by atoms with Crippen molar-refractivity contribution in [1.29, 1.82) is 0 Å². The number of hydrogen-bond acceptors (Lipinski definition) is 2. The summed E-state index contributed by atoms with van der Waals surface area (Å²) in [4.78, 5) is 15.1. The minimum atomic E-state index is -1.97. The highest BCUT2D eigenvalue weighted by molar-refractivity contribution is 6.77. The summed E-state index contributed by atoms with van der Waals surface area (Å²) in [6.07, 6.45) is 1.54. The van der Waals surface area contributed by atoms with Crippen molar-refractivity contribution in [2.75, 3.05) is 0 Å². The molecular weight excluding hydrogens is 357 g/mol. The minimum Gasteiger partial charge on any atom is -0.489 e. The lowest BCUT2D eigenvalue weighted by molar-refractivity contribution is 0.0998. The van der Waals surface area contributed by atoms with Crippen molar-refractivity contribution in [3.8, 4) is 5.75 Å². The maximum absolute atomic E-state index is 12.1. The van der Waals surface area contributed by atoms with Crippen LogP contribution in [0.2, 0.25) is 0 Å². The zero-order chi connectivity index (χ0) is 16.4. The minimum absolute atomic E-state index is 0.342. The van der Waals surface area contributed by atoms with E-state index in [1.165, 1.54) is 6.20 Å². The van der Waals surface area contributed by atoms with Gasteiger partial charge in [-0.05, 0) is 17.7 Å². The molecule has 118 valence electrons. The molecule has 0 spiro atoms. The van der Waals surface area contributed by atoms with Crippen LogP contribution in [0.5, 0.6) is 5.75 Å². The first kappa shape index (κ1) is 16.2. The highest BCUT2D eigenvalue weighted by Crippen LogP contribution is 2.33. The number of rotatable bonds is 4. The monoisotopic (exact) mass is 367 g/mol. The summed E-state index contributed by atoms with van der Waals surface area (Å²) in [6, 6.07) is 15.2. The van der Waals surface area contributed by atoms with Crippen molar-refractivity contribution < 1.29 is 9.53 Å². The van der Waals surface area contributed by atoms with Crippen LogP contribution in [0.3, 0.4) is 0 Å². The molecule has 6 heteroatoms. The van der Waals surface area contributed by atoms with Crippen LogP contribution in [0.15, 0.2) is 54.7 Å². The number of ether oxygens (including phenoxy) is 1. The molecule has 0 aliphatic heterocycles. The summed E-state index contributed by atoms with van der Waals surface area (Å²) in [5, 5.41) is 0.688. The molecule has 0 saturated heterocycles. The first-order valence-electron chi connectivity index (χ1n) is 6.84. The highest BCUT2D eigenvalue weighted by atomic mass is 35.6. The Hall–Kier alpha value is -1.68. The second-order valence-electron chi connectivity index (χ2n) is 5.01. The van der Waals surface area contributed by atoms with E-state index in [-0.39, 0.29) is 0 Å². The molecule has 0 aliphatic rings. The van der Waals surface area contributed by atoms with Gasteiger partial charge in [0.15, 0.2) is 0 Å².